The first-order chi connectivity index (χ1) is 13.5. The van der Waals surface area contributed by atoms with Crippen molar-refractivity contribution in [1.82, 2.24) is 14.4 Å². The zero-order valence-electron chi connectivity index (χ0n) is 16.9. The fourth-order valence-electron chi connectivity index (χ4n) is 5.51. The van der Waals surface area contributed by atoms with E-state index in [-0.39, 0.29) is 5.82 Å². The highest BCUT2D eigenvalue weighted by Gasteiger charge is 2.41. The zero-order chi connectivity index (χ0) is 19.4. The van der Waals surface area contributed by atoms with E-state index in [0.29, 0.717) is 18.0 Å². The molecule has 2 aromatic carbocycles. The smallest absolute Gasteiger partial charge is 0.123 e. The molecular formula is C24H28FN3. The number of aromatic nitrogens is 1. The Morgan fingerprint density at radius 2 is 1.86 bits per heavy atom. The first-order valence-electron chi connectivity index (χ1n) is 10.3. The highest BCUT2D eigenvalue weighted by atomic mass is 19.1. The number of fused-ring (bicyclic) bond motifs is 2. The van der Waals surface area contributed by atoms with Crippen molar-refractivity contribution in [1.29, 1.82) is 0 Å². The summed E-state index contributed by atoms with van der Waals surface area (Å²) < 4.78 is 15.9. The van der Waals surface area contributed by atoms with Crippen LogP contribution in [0.15, 0.2) is 48.7 Å². The largest absolute Gasteiger partial charge is 0.350 e. The summed E-state index contributed by atoms with van der Waals surface area (Å²) in [5.41, 5.74) is 5.28. The third kappa shape index (κ3) is 2.78. The van der Waals surface area contributed by atoms with Crippen LogP contribution in [0.4, 0.5) is 4.39 Å². The van der Waals surface area contributed by atoms with Gasteiger partial charge in [-0.15, -0.1) is 0 Å². The van der Waals surface area contributed by atoms with Crippen molar-refractivity contribution in [2.24, 2.45) is 7.05 Å². The Hall–Kier alpha value is -2.17. The van der Waals surface area contributed by atoms with Crippen molar-refractivity contribution in [3.05, 3.63) is 71.2 Å². The molecule has 3 aromatic rings. The summed E-state index contributed by atoms with van der Waals surface area (Å²) in [7, 11) is 6.54. The number of aryl methyl sites for hydroxylation is 2. The molecule has 1 aliphatic heterocycles. The van der Waals surface area contributed by atoms with Crippen LogP contribution in [-0.2, 0) is 13.5 Å². The molecule has 0 saturated carbocycles. The third-order valence-corrected chi connectivity index (χ3v) is 6.90. The molecule has 4 heteroatoms. The quantitative estimate of drug-likeness (QED) is 0.673. The van der Waals surface area contributed by atoms with Crippen molar-refractivity contribution in [2.75, 3.05) is 27.2 Å². The number of para-hydroxylation sites is 1. The molecule has 146 valence electrons. The van der Waals surface area contributed by atoms with Crippen LogP contribution in [0.3, 0.4) is 0 Å². The molecule has 0 radical (unpaired) electrons. The maximum absolute atomic E-state index is 13.6. The van der Waals surface area contributed by atoms with Gasteiger partial charge in [-0.2, -0.15) is 0 Å². The van der Waals surface area contributed by atoms with Crippen LogP contribution >= 0.6 is 0 Å². The van der Waals surface area contributed by atoms with E-state index >= 15 is 0 Å². The van der Waals surface area contributed by atoms with Crippen molar-refractivity contribution in [2.45, 2.75) is 30.8 Å². The molecule has 3 unspecified atom stereocenters. The Morgan fingerprint density at radius 1 is 1.04 bits per heavy atom. The second-order valence-corrected chi connectivity index (χ2v) is 8.70. The van der Waals surface area contributed by atoms with Crippen molar-refractivity contribution in [3.8, 4) is 0 Å². The Kier molecular flexibility index (Phi) is 4.29. The number of nitrogens with zero attached hydrogens (tertiary/aromatic N) is 3. The van der Waals surface area contributed by atoms with Gasteiger partial charge >= 0.3 is 0 Å². The summed E-state index contributed by atoms with van der Waals surface area (Å²) in [6.45, 7) is 2.11. The number of likely N-dealkylation sites (N-methyl/N-ethyl adjacent to an activating group) is 1. The predicted molar refractivity (Wildman–Crippen MR) is 112 cm³/mol. The first kappa shape index (κ1) is 17.9. The molecule has 1 saturated heterocycles. The third-order valence-electron chi connectivity index (χ3n) is 6.90. The van der Waals surface area contributed by atoms with E-state index in [0.717, 1.165) is 25.9 Å². The van der Waals surface area contributed by atoms with E-state index in [9.17, 15) is 4.39 Å². The van der Waals surface area contributed by atoms with Gasteiger partial charge in [-0.05, 0) is 61.8 Å². The number of likely N-dealkylation sites (tertiary alicyclic amines) is 1. The topological polar surface area (TPSA) is 11.4 Å². The van der Waals surface area contributed by atoms with Crippen molar-refractivity contribution >= 4 is 10.9 Å². The van der Waals surface area contributed by atoms with Gasteiger partial charge in [0.2, 0.25) is 0 Å². The fraction of sp³-hybridized carbons (Fsp3) is 0.417. The molecule has 1 aliphatic carbocycles. The Balaban J connectivity index is 1.50. The van der Waals surface area contributed by atoms with Crippen LogP contribution in [0.5, 0.6) is 0 Å². The molecule has 3 nitrogen and oxygen atoms in total. The van der Waals surface area contributed by atoms with E-state index in [1.54, 1.807) is 12.1 Å². The normalized spacial score (nSPS) is 25.1. The second kappa shape index (κ2) is 6.71. The minimum atomic E-state index is -0.111. The summed E-state index contributed by atoms with van der Waals surface area (Å²) in [6, 6.07) is 15.0. The van der Waals surface area contributed by atoms with E-state index in [2.05, 4.69) is 66.0 Å². The van der Waals surface area contributed by atoms with E-state index in [4.69, 9.17) is 0 Å². The molecule has 0 bridgehead atoms. The summed E-state index contributed by atoms with van der Waals surface area (Å²) in [4.78, 5) is 5.02. The molecule has 1 fully saturated rings. The van der Waals surface area contributed by atoms with Gasteiger partial charge in [0.1, 0.15) is 5.82 Å². The molecule has 0 amide bonds. The zero-order valence-corrected chi connectivity index (χ0v) is 16.9. The maximum Gasteiger partial charge on any atom is 0.123 e. The lowest BCUT2D eigenvalue weighted by Gasteiger charge is -2.26. The van der Waals surface area contributed by atoms with Crippen LogP contribution in [0, 0.1) is 5.82 Å². The Bertz CT molecular complexity index is 1020. The minimum Gasteiger partial charge on any atom is -0.350 e. The summed E-state index contributed by atoms with van der Waals surface area (Å²) in [5.74, 6) is 0.367. The van der Waals surface area contributed by atoms with Gasteiger partial charge in [0.15, 0.2) is 0 Å². The van der Waals surface area contributed by atoms with Crippen molar-refractivity contribution in [3.63, 3.8) is 0 Å². The van der Waals surface area contributed by atoms with Gasteiger partial charge in [0.05, 0.1) is 0 Å². The molecule has 5 rings (SSSR count). The van der Waals surface area contributed by atoms with E-state index in [1.807, 2.05) is 6.07 Å². The van der Waals surface area contributed by atoms with Gasteiger partial charge in [-0.25, -0.2) is 4.39 Å². The molecular weight excluding hydrogens is 349 g/mol. The SMILES string of the molecule is CN(C)C1CN(C2CCc3cc(F)ccc32)CC1c1cn(C)c2ccccc12. The second-order valence-electron chi connectivity index (χ2n) is 8.70. The molecule has 0 spiro atoms. The number of hydrogen-bond acceptors (Lipinski definition) is 2. The van der Waals surface area contributed by atoms with Gasteiger partial charge in [0, 0.05) is 55.2 Å². The van der Waals surface area contributed by atoms with Crippen LogP contribution in [-0.4, -0.2) is 47.6 Å². The Labute approximate surface area is 166 Å². The minimum absolute atomic E-state index is 0.111. The number of hydrogen-bond donors (Lipinski definition) is 0. The van der Waals surface area contributed by atoms with Gasteiger partial charge in [0.25, 0.3) is 0 Å². The average molecular weight is 378 g/mol. The molecule has 28 heavy (non-hydrogen) atoms. The first-order valence-corrected chi connectivity index (χ1v) is 10.3. The monoisotopic (exact) mass is 377 g/mol. The lowest BCUT2D eigenvalue weighted by atomic mass is 9.93. The summed E-state index contributed by atoms with van der Waals surface area (Å²) in [6.07, 6.45) is 4.41. The standard InChI is InChI=1S/C24H28FN3/c1-26(2)24-15-28(23-11-8-16-12-17(25)9-10-18(16)23)14-21(24)20-13-27(3)22-7-5-4-6-19(20)22/h4-7,9-10,12-13,21,23-24H,8,11,14-15H2,1-3H3. The van der Waals surface area contributed by atoms with Crippen molar-refractivity contribution < 1.29 is 4.39 Å². The van der Waals surface area contributed by atoms with Crippen LogP contribution in [0.1, 0.15) is 35.1 Å². The number of benzene rings is 2. The maximum atomic E-state index is 13.6. The van der Waals surface area contributed by atoms with E-state index < -0.39 is 0 Å². The van der Waals surface area contributed by atoms with Crippen LogP contribution in [0.2, 0.25) is 0 Å². The molecule has 2 aliphatic rings. The average Bonchev–Trinajstić information content (AvgIpc) is 3.37. The van der Waals surface area contributed by atoms with Crippen LogP contribution in [0.25, 0.3) is 10.9 Å². The number of halogens is 1. The Morgan fingerprint density at radius 3 is 2.68 bits per heavy atom. The molecule has 1 aromatic heterocycles. The van der Waals surface area contributed by atoms with Gasteiger partial charge in [-0.1, -0.05) is 24.3 Å². The highest BCUT2D eigenvalue weighted by Crippen LogP contribution is 2.43. The fourth-order valence-corrected chi connectivity index (χ4v) is 5.51. The molecule has 0 N–H and O–H groups in total. The predicted octanol–water partition coefficient (Wildman–Crippen LogP) is 4.33. The van der Waals surface area contributed by atoms with Gasteiger partial charge < -0.3 is 9.47 Å². The lowest BCUT2D eigenvalue weighted by Crippen LogP contribution is -2.35. The highest BCUT2D eigenvalue weighted by molar-refractivity contribution is 5.84. The molecule has 2 heterocycles. The summed E-state index contributed by atoms with van der Waals surface area (Å²) >= 11 is 0. The number of rotatable bonds is 3. The van der Waals surface area contributed by atoms with Crippen LogP contribution < -0.4 is 0 Å². The van der Waals surface area contributed by atoms with E-state index in [1.165, 1.54) is 27.6 Å². The summed E-state index contributed by atoms with van der Waals surface area (Å²) in [5, 5.41) is 1.37. The lowest BCUT2D eigenvalue weighted by molar-refractivity contribution is 0.216. The molecule has 3 atom stereocenters. The van der Waals surface area contributed by atoms with Gasteiger partial charge in [-0.3, -0.25) is 4.90 Å².